The van der Waals surface area contributed by atoms with Gasteiger partial charge in [0.2, 0.25) is 0 Å². The van der Waals surface area contributed by atoms with Gasteiger partial charge in [-0.1, -0.05) is 54.6 Å². The summed E-state index contributed by atoms with van der Waals surface area (Å²) < 4.78 is 0. The molecule has 0 saturated carbocycles. The standard InChI is InChI=1S/C18H23NO/c1-15-9-5-6-12-17(15)18(19-13-7-8-14-20)16-10-3-2-4-11-16/h2-6,9-12,18-20H,7-8,13-14H2,1H3. The molecule has 2 rings (SSSR count). The fourth-order valence-electron chi connectivity index (χ4n) is 2.45. The maximum absolute atomic E-state index is 8.88. The van der Waals surface area contributed by atoms with E-state index in [0.717, 1.165) is 19.4 Å². The zero-order valence-corrected chi connectivity index (χ0v) is 12.0. The Morgan fingerprint density at radius 1 is 0.950 bits per heavy atom. The van der Waals surface area contributed by atoms with Crippen molar-refractivity contribution in [3.63, 3.8) is 0 Å². The Labute approximate surface area is 121 Å². The summed E-state index contributed by atoms with van der Waals surface area (Å²) in [6, 6.07) is 19.3. The summed E-state index contributed by atoms with van der Waals surface area (Å²) in [5, 5.41) is 12.5. The molecule has 2 aromatic carbocycles. The number of hydrogen-bond donors (Lipinski definition) is 2. The fraction of sp³-hybridized carbons (Fsp3) is 0.333. The number of unbranched alkanes of at least 4 members (excludes halogenated alkanes) is 1. The Hall–Kier alpha value is -1.64. The van der Waals surface area contributed by atoms with Gasteiger partial charge in [-0.05, 0) is 43.0 Å². The minimum atomic E-state index is 0.219. The van der Waals surface area contributed by atoms with Crippen LogP contribution in [0.15, 0.2) is 54.6 Å². The Kier molecular flexibility index (Phi) is 5.78. The van der Waals surface area contributed by atoms with Crippen LogP contribution in [-0.2, 0) is 0 Å². The molecule has 0 aliphatic rings. The second-order valence-corrected chi connectivity index (χ2v) is 5.09. The van der Waals surface area contributed by atoms with E-state index in [1.807, 2.05) is 6.07 Å². The predicted octanol–water partition coefficient (Wildman–Crippen LogP) is 3.45. The smallest absolute Gasteiger partial charge is 0.0579 e. The minimum absolute atomic E-state index is 0.219. The van der Waals surface area contributed by atoms with Crippen LogP contribution in [0.5, 0.6) is 0 Å². The van der Waals surface area contributed by atoms with Gasteiger partial charge in [0.25, 0.3) is 0 Å². The molecule has 0 aromatic heterocycles. The van der Waals surface area contributed by atoms with Gasteiger partial charge in [0.05, 0.1) is 6.04 Å². The third-order valence-corrected chi connectivity index (χ3v) is 3.57. The average molecular weight is 269 g/mol. The molecule has 0 amide bonds. The molecule has 2 N–H and O–H groups in total. The number of nitrogens with one attached hydrogen (secondary N) is 1. The van der Waals surface area contributed by atoms with E-state index in [1.54, 1.807) is 0 Å². The largest absolute Gasteiger partial charge is 0.396 e. The minimum Gasteiger partial charge on any atom is -0.396 e. The highest BCUT2D eigenvalue weighted by Crippen LogP contribution is 2.24. The van der Waals surface area contributed by atoms with E-state index in [2.05, 4.69) is 60.8 Å². The van der Waals surface area contributed by atoms with Crippen LogP contribution in [0.3, 0.4) is 0 Å². The van der Waals surface area contributed by atoms with Crippen LogP contribution in [0.25, 0.3) is 0 Å². The third kappa shape index (κ3) is 3.92. The van der Waals surface area contributed by atoms with Crippen molar-refractivity contribution in [3.8, 4) is 0 Å². The Bertz CT molecular complexity index is 510. The van der Waals surface area contributed by atoms with Gasteiger partial charge in [-0.2, -0.15) is 0 Å². The second-order valence-electron chi connectivity index (χ2n) is 5.09. The molecule has 0 heterocycles. The lowest BCUT2D eigenvalue weighted by atomic mass is 9.95. The molecule has 0 aliphatic carbocycles. The van der Waals surface area contributed by atoms with Gasteiger partial charge in [-0.15, -0.1) is 0 Å². The molecule has 20 heavy (non-hydrogen) atoms. The number of aliphatic hydroxyl groups excluding tert-OH is 1. The molecule has 0 spiro atoms. The lowest BCUT2D eigenvalue weighted by Gasteiger charge is -2.21. The van der Waals surface area contributed by atoms with E-state index in [4.69, 9.17) is 5.11 Å². The van der Waals surface area contributed by atoms with Crippen LogP contribution >= 0.6 is 0 Å². The predicted molar refractivity (Wildman–Crippen MR) is 83.8 cm³/mol. The van der Waals surface area contributed by atoms with E-state index in [-0.39, 0.29) is 12.6 Å². The highest BCUT2D eigenvalue weighted by Gasteiger charge is 2.14. The molecule has 2 nitrogen and oxygen atoms in total. The Balaban J connectivity index is 2.19. The van der Waals surface area contributed by atoms with Crippen LogP contribution in [0.4, 0.5) is 0 Å². The van der Waals surface area contributed by atoms with E-state index >= 15 is 0 Å². The first-order valence-corrected chi connectivity index (χ1v) is 7.27. The van der Waals surface area contributed by atoms with Gasteiger partial charge >= 0.3 is 0 Å². The number of hydrogen-bond acceptors (Lipinski definition) is 2. The molecule has 0 fully saturated rings. The van der Waals surface area contributed by atoms with E-state index in [1.165, 1.54) is 16.7 Å². The molecule has 1 atom stereocenters. The second kappa shape index (κ2) is 7.83. The van der Waals surface area contributed by atoms with Crippen molar-refractivity contribution in [3.05, 3.63) is 71.3 Å². The van der Waals surface area contributed by atoms with Crippen LogP contribution in [0.1, 0.15) is 35.6 Å². The van der Waals surface area contributed by atoms with Gasteiger partial charge in [0.15, 0.2) is 0 Å². The van der Waals surface area contributed by atoms with Crippen molar-refractivity contribution in [2.75, 3.05) is 13.2 Å². The number of benzene rings is 2. The van der Waals surface area contributed by atoms with E-state index < -0.39 is 0 Å². The summed E-state index contributed by atoms with van der Waals surface area (Å²) in [5.41, 5.74) is 3.91. The van der Waals surface area contributed by atoms with Crippen molar-refractivity contribution in [2.45, 2.75) is 25.8 Å². The number of aliphatic hydroxyl groups is 1. The van der Waals surface area contributed by atoms with Crippen molar-refractivity contribution >= 4 is 0 Å². The van der Waals surface area contributed by atoms with Gasteiger partial charge in [0, 0.05) is 6.61 Å². The molecule has 106 valence electrons. The third-order valence-electron chi connectivity index (χ3n) is 3.57. The first-order valence-electron chi connectivity index (χ1n) is 7.27. The van der Waals surface area contributed by atoms with Gasteiger partial charge in [-0.25, -0.2) is 0 Å². The van der Waals surface area contributed by atoms with Crippen molar-refractivity contribution in [2.24, 2.45) is 0 Å². The van der Waals surface area contributed by atoms with Crippen LogP contribution in [0, 0.1) is 6.92 Å². The van der Waals surface area contributed by atoms with Gasteiger partial charge < -0.3 is 10.4 Å². The lowest BCUT2D eigenvalue weighted by Crippen LogP contribution is -2.24. The summed E-state index contributed by atoms with van der Waals surface area (Å²) in [5.74, 6) is 0. The zero-order chi connectivity index (χ0) is 14.2. The molecule has 2 heteroatoms. The summed E-state index contributed by atoms with van der Waals surface area (Å²) in [6.45, 7) is 3.33. The van der Waals surface area contributed by atoms with Crippen molar-refractivity contribution in [1.82, 2.24) is 5.32 Å². The van der Waals surface area contributed by atoms with Crippen LogP contribution in [0.2, 0.25) is 0 Å². The summed E-state index contributed by atoms with van der Waals surface area (Å²) in [6.07, 6.45) is 1.84. The molecule has 0 aliphatic heterocycles. The van der Waals surface area contributed by atoms with E-state index in [0.29, 0.717) is 0 Å². The normalized spacial score (nSPS) is 12.3. The van der Waals surface area contributed by atoms with E-state index in [9.17, 15) is 0 Å². The monoisotopic (exact) mass is 269 g/mol. The summed E-state index contributed by atoms with van der Waals surface area (Å²) in [4.78, 5) is 0. The van der Waals surface area contributed by atoms with Crippen molar-refractivity contribution in [1.29, 1.82) is 0 Å². The Morgan fingerprint density at radius 3 is 2.35 bits per heavy atom. The van der Waals surface area contributed by atoms with Gasteiger partial charge in [0.1, 0.15) is 0 Å². The Morgan fingerprint density at radius 2 is 1.65 bits per heavy atom. The maximum Gasteiger partial charge on any atom is 0.0579 e. The first-order chi connectivity index (χ1) is 9.83. The molecule has 1 unspecified atom stereocenters. The number of rotatable bonds is 7. The molecular weight excluding hydrogens is 246 g/mol. The lowest BCUT2D eigenvalue weighted by molar-refractivity contribution is 0.283. The maximum atomic E-state index is 8.88. The van der Waals surface area contributed by atoms with Crippen LogP contribution in [-0.4, -0.2) is 18.3 Å². The molecule has 0 bridgehead atoms. The average Bonchev–Trinajstić information content (AvgIpc) is 2.49. The molecular formula is C18H23NO. The first kappa shape index (κ1) is 14.8. The summed E-state index contributed by atoms with van der Waals surface area (Å²) in [7, 11) is 0. The van der Waals surface area contributed by atoms with Gasteiger partial charge in [-0.3, -0.25) is 0 Å². The fourth-order valence-corrected chi connectivity index (χ4v) is 2.45. The highest BCUT2D eigenvalue weighted by molar-refractivity contribution is 5.36. The molecule has 0 saturated heterocycles. The zero-order valence-electron chi connectivity index (χ0n) is 12.0. The SMILES string of the molecule is Cc1ccccc1C(NCCCCO)c1ccccc1. The molecule has 2 aromatic rings. The quantitative estimate of drug-likeness (QED) is 0.755. The topological polar surface area (TPSA) is 32.3 Å². The van der Waals surface area contributed by atoms with Crippen LogP contribution < -0.4 is 5.32 Å². The highest BCUT2D eigenvalue weighted by atomic mass is 16.2. The van der Waals surface area contributed by atoms with Crippen molar-refractivity contribution < 1.29 is 5.11 Å². The summed E-state index contributed by atoms with van der Waals surface area (Å²) >= 11 is 0. The number of aryl methyl sites for hydroxylation is 1. The molecule has 0 radical (unpaired) electrons.